The van der Waals surface area contributed by atoms with Gasteiger partial charge in [-0.25, -0.2) is 4.39 Å². The molecule has 8 heteroatoms. The fourth-order valence-corrected chi connectivity index (χ4v) is 4.00. The Bertz CT molecular complexity index is 1090. The topological polar surface area (TPSA) is 73.0 Å². The van der Waals surface area contributed by atoms with E-state index in [-0.39, 0.29) is 17.4 Å². The number of hydrogen-bond acceptors (Lipinski definition) is 4. The number of rotatable bonds is 5. The predicted octanol–water partition coefficient (Wildman–Crippen LogP) is 2.58. The molecule has 3 aromatic rings. The van der Waals surface area contributed by atoms with Crippen LogP contribution in [0, 0.1) is 5.82 Å². The second-order valence-corrected chi connectivity index (χ2v) is 7.67. The van der Waals surface area contributed by atoms with Crippen LogP contribution in [0.25, 0.3) is 11.1 Å². The van der Waals surface area contributed by atoms with Crippen LogP contribution in [0.4, 0.5) is 4.39 Å². The zero-order valence-corrected chi connectivity index (χ0v) is 16.9. The Labute approximate surface area is 173 Å². The first-order valence-corrected chi connectivity index (χ1v) is 10.1. The fraction of sp³-hybridized carbons (Fsp3) is 0.364. The molecular weight excluding hydrogens is 385 g/mol. The minimum absolute atomic E-state index is 0.0695. The van der Waals surface area contributed by atoms with Gasteiger partial charge in [0.2, 0.25) is 5.91 Å². The van der Waals surface area contributed by atoms with Crippen LogP contribution in [0.1, 0.15) is 30.7 Å². The number of likely N-dealkylation sites (tertiary alicyclic amines) is 1. The normalized spacial score (nSPS) is 16.6. The van der Waals surface area contributed by atoms with E-state index in [1.54, 1.807) is 48.5 Å². The Balaban J connectivity index is 1.47. The summed E-state index contributed by atoms with van der Waals surface area (Å²) in [5, 5.41) is 7.62. The molecule has 0 saturated carbocycles. The van der Waals surface area contributed by atoms with Crippen molar-refractivity contribution in [2.75, 3.05) is 13.1 Å². The molecule has 0 unspecified atom stereocenters. The van der Waals surface area contributed by atoms with Crippen LogP contribution in [0.5, 0.6) is 0 Å². The number of nitrogens with zero attached hydrogens (tertiary/aromatic N) is 5. The number of halogens is 1. The minimum atomic E-state index is -0.412. The van der Waals surface area contributed by atoms with Crippen LogP contribution in [-0.2, 0) is 18.4 Å². The predicted molar refractivity (Wildman–Crippen MR) is 110 cm³/mol. The molecule has 1 amide bonds. The lowest BCUT2D eigenvalue weighted by Gasteiger charge is -2.33. The van der Waals surface area contributed by atoms with Crippen molar-refractivity contribution in [2.24, 2.45) is 7.05 Å². The van der Waals surface area contributed by atoms with Crippen molar-refractivity contribution in [1.29, 1.82) is 0 Å². The molecule has 0 bridgehead atoms. The van der Waals surface area contributed by atoms with Gasteiger partial charge in [-0.15, -0.1) is 5.10 Å². The third-order valence-corrected chi connectivity index (χ3v) is 5.68. The molecule has 0 radical (unpaired) electrons. The van der Waals surface area contributed by atoms with Gasteiger partial charge in [0.25, 0.3) is 5.56 Å². The van der Waals surface area contributed by atoms with Crippen LogP contribution in [0.2, 0.25) is 0 Å². The van der Waals surface area contributed by atoms with Crippen molar-refractivity contribution < 1.29 is 9.18 Å². The summed E-state index contributed by atoms with van der Waals surface area (Å²) in [5.41, 5.74) is 1.28. The molecule has 0 N–H and O–H groups in total. The van der Waals surface area contributed by atoms with Crippen molar-refractivity contribution in [3.05, 3.63) is 70.7 Å². The molecule has 1 fully saturated rings. The van der Waals surface area contributed by atoms with Gasteiger partial charge in [-0.05, 0) is 36.6 Å². The van der Waals surface area contributed by atoms with Gasteiger partial charge in [-0.1, -0.05) is 17.3 Å². The van der Waals surface area contributed by atoms with Crippen LogP contribution >= 0.6 is 0 Å². The molecule has 156 valence electrons. The molecular formula is C22H24FN5O2. The summed E-state index contributed by atoms with van der Waals surface area (Å²) in [5.74, 6) is -0.262. The number of carbonyl (C=O) groups excluding carboxylic acids is 1. The van der Waals surface area contributed by atoms with Gasteiger partial charge in [-0.3, -0.25) is 14.3 Å². The van der Waals surface area contributed by atoms with Crippen LogP contribution < -0.4 is 5.56 Å². The van der Waals surface area contributed by atoms with E-state index in [1.165, 1.54) is 10.6 Å². The monoisotopic (exact) mass is 409 g/mol. The second kappa shape index (κ2) is 8.61. The van der Waals surface area contributed by atoms with Crippen LogP contribution in [0.15, 0.2) is 53.7 Å². The quantitative estimate of drug-likeness (QED) is 0.649. The van der Waals surface area contributed by atoms with E-state index >= 15 is 0 Å². The maximum absolute atomic E-state index is 14.9. The minimum Gasteiger partial charge on any atom is -0.342 e. The average Bonchev–Trinajstić information content (AvgIpc) is 3.28. The number of pyridine rings is 1. The van der Waals surface area contributed by atoms with Crippen LogP contribution in [-0.4, -0.2) is 43.5 Å². The van der Waals surface area contributed by atoms with Gasteiger partial charge >= 0.3 is 0 Å². The maximum Gasteiger partial charge on any atom is 0.258 e. The van der Waals surface area contributed by atoms with E-state index in [0.29, 0.717) is 37.2 Å². The number of benzene rings is 1. The number of aryl methyl sites for hydroxylation is 2. The lowest BCUT2D eigenvalue weighted by atomic mass is 9.89. The molecule has 1 aromatic carbocycles. The number of piperidine rings is 1. The standard InChI is InChI=1S/C22H24FN5O2/c1-26-10-3-5-19(22(26)30)18-7-6-16(14-20(18)23)17-4-2-11-27(15-17)21(29)8-12-28-13-9-24-25-28/h3,5-7,9-10,13-14,17H,2,4,8,11-12,15H2,1H3/t17-/m0/s1. The van der Waals surface area contributed by atoms with Gasteiger partial charge < -0.3 is 9.47 Å². The van der Waals surface area contributed by atoms with Crippen molar-refractivity contribution in [1.82, 2.24) is 24.5 Å². The molecule has 7 nitrogen and oxygen atoms in total. The average molecular weight is 409 g/mol. The van der Waals surface area contributed by atoms with E-state index in [0.717, 1.165) is 18.4 Å². The van der Waals surface area contributed by atoms with Crippen molar-refractivity contribution in [2.45, 2.75) is 31.7 Å². The zero-order valence-electron chi connectivity index (χ0n) is 16.9. The third-order valence-electron chi connectivity index (χ3n) is 5.68. The summed E-state index contributed by atoms with van der Waals surface area (Å²) in [7, 11) is 1.65. The molecule has 1 saturated heterocycles. The Kier molecular flexibility index (Phi) is 5.74. The molecule has 3 heterocycles. The largest absolute Gasteiger partial charge is 0.342 e. The van der Waals surface area contributed by atoms with Gasteiger partial charge in [0.05, 0.1) is 18.3 Å². The molecule has 2 aromatic heterocycles. The molecule has 1 atom stereocenters. The van der Waals surface area contributed by atoms with E-state index in [2.05, 4.69) is 10.3 Å². The maximum atomic E-state index is 14.9. The molecule has 30 heavy (non-hydrogen) atoms. The molecule has 1 aliphatic heterocycles. The second-order valence-electron chi connectivity index (χ2n) is 7.67. The Morgan fingerprint density at radius 3 is 2.87 bits per heavy atom. The highest BCUT2D eigenvalue weighted by molar-refractivity contribution is 5.76. The first-order chi connectivity index (χ1) is 14.5. The van der Waals surface area contributed by atoms with Gasteiger partial charge in [-0.2, -0.15) is 0 Å². The summed E-state index contributed by atoms with van der Waals surface area (Å²) >= 11 is 0. The van der Waals surface area contributed by atoms with Crippen LogP contribution in [0.3, 0.4) is 0 Å². The third kappa shape index (κ3) is 4.17. The van der Waals surface area contributed by atoms with E-state index < -0.39 is 5.82 Å². The number of amides is 1. The van der Waals surface area contributed by atoms with Crippen molar-refractivity contribution >= 4 is 5.91 Å². The van der Waals surface area contributed by atoms with Gasteiger partial charge in [0.15, 0.2) is 0 Å². The highest BCUT2D eigenvalue weighted by atomic mass is 19.1. The Hall–Kier alpha value is -3.29. The van der Waals surface area contributed by atoms with Crippen molar-refractivity contribution in [3.63, 3.8) is 0 Å². The Morgan fingerprint density at radius 1 is 1.23 bits per heavy atom. The van der Waals surface area contributed by atoms with Gasteiger partial charge in [0, 0.05) is 50.4 Å². The Morgan fingerprint density at radius 2 is 2.10 bits per heavy atom. The van der Waals surface area contributed by atoms with E-state index in [9.17, 15) is 14.0 Å². The van der Waals surface area contributed by atoms with Gasteiger partial charge in [0.1, 0.15) is 5.82 Å². The molecule has 0 aliphatic carbocycles. The molecule has 1 aliphatic rings. The first-order valence-electron chi connectivity index (χ1n) is 10.1. The number of carbonyl (C=O) groups is 1. The SMILES string of the molecule is Cn1cccc(-c2ccc([C@H]3CCCN(C(=O)CCn4ccnn4)C3)cc2F)c1=O. The van der Waals surface area contributed by atoms with Crippen molar-refractivity contribution in [3.8, 4) is 11.1 Å². The molecule has 4 rings (SSSR count). The van der Waals surface area contributed by atoms with E-state index in [1.807, 2.05) is 11.0 Å². The number of aromatic nitrogens is 4. The summed E-state index contributed by atoms with van der Waals surface area (Å²) in [6.45, 7) is 1.78. The highest BCUT2D eigenvalue weighted by Crippen LogP contribution is 2.30. The first kappa shape index (κ1) is 20.0. The van der Waals surface area contributed by atoms with E-state index in [4.69, 9.17) is 0 Å². The zero-order chi connectivity index (χ0) is 21.1. The summed E-state index contributed by atoms with van der Waals surface area (Å²) in [6.07, 6.45) is 7.11. The summed E-state index contributed by atoms with van der Waals surface area (Å²) in [6, 6.07) is 8.42. The molecule has 0 spiro atoms. The smallest absolute Gasteiger partial charge is 0.258 e. The lowest BCUT2D eigenvalue weighted by Crippen LogP contribution is -2.39. The fourth-order valence-electron chi connectivity index (χ4n) is 4.00. The highest BCUT2D eigenvalue weighted by Gasteiger charge is 2.25. The number of hydrogen-bond donors (Lipinski definition) is 0. The summed E-state index contributed by atoms with van der Waals surface area (Å²) < 4.78 is 18.0. The lowest BCUT2D eigenvalue weighted by molar-refractivity contribution is -0.132. The summed E-state index contributed by atoms with van der Waals surface area (Å²) in [4.78, 5) is 26.8.